The molecule has 0 atom stereocenters. The number of morpholine rings is 1. The Morgan fingerprint density at radius 2 is 1.79 bits per heavy atom. The van der Waals surface area contributed by atoms with Crippen molar-refractivity contribution in [2.45, 2.75) is 19.0 Å². The van der Waals surface area contributed by atoms with E-state index in [4.69, 9.17) is 4.74 Å². The number of benzene rings is 1. The number of nitrogens with zero attached hydrogens (tertiary/aromatic N) is 3. The molecule has 1 aliphatic rings. The van der Waals surface area contributed by atoms with Crippen LogP contribution in [-0.4, -0.2) is 60.8 Å². The molecule has 0 aliphatic carbocycles. The van der Waals surface area contributed by atoms with Gasteiger partial charge in [0.25, 0.3) is 0 Å². The molecule has 1 aromatic carbocycles. The van der Waals surface area contributed by atoms with Gasteiger partial charge in [-0.15, -0.1) is 0 Å². The van der Waals surface area contributed by atoms with Crippen molar-refractivity contribution in [2.24, 2.45) is 0 Å². The maximum absolute atomic E-state index is 12.7. The third kappa shape index (κ3) is 6.25. The molecule has 1 aliphatic heterocycles. The van der Waals surface area contributed by atoms with Crippen LogP contribution in [0.2, 0.25) is 0 Å². The predicted octanol–water partition coefficient (Wildman–Crippen LogP) is 3.02. The zero-order valence-corrected chi connectivity index (χ0v) is 15.7. The number of hydrogen-bond acceptors (Lipinski definition) is 5. The van der Waals surface area contributed by atoms with E-state index in [0.29, 0.717) is 11.4 Å². The van der Waals surface area contributed by atoms with E-state index in [1.165, 1.54) is 12.1 Å². The quantitative estimate of drug-likeness (QED) is 0.698. The molecule has 3 rings (SSSR count). The lowest BCUT2D eigenvalue weighted by molar-refractivity contribution is -0.137. The highest BCUT2D eigenvalue weighted by molar-refractivity contribution is 5.55. The van der Waals surface area contributed by atoms with E-state index < -0.39 is 11.7 Å². The summed E-state index contributed by atoms with van der Waals surface area (Å²) >= 11 is 0. The number of aryl methyl sites for hydroxylation is 1. The fourth-order valence-electron chi connectivity index (χ4n) is 3.06. The number of rotatable bonds is 8. The second kappa shape index (κ2) is 9.95. The molecule has 0 saturated carbocycles. The van der Waals surface area contributed by atoms with Crippen LogP contribution in [0.4, 0.5) is 13.2 Å². The first kappa shape index (κ1) is 20.7. The maximum Gasteiger partial charge on any atom is 0.416 e. The molecule has 1 fully saturated rings. The van der Waals surface area contributed by atoms with Crippen molar-refractivity contribution < 1.29 is 17.9 Å². The second-order valence-electron chi connectivity index (χ2n) is 6.75. The van der Waals surface area contributed by atoms with Gasteiger partial charge in [0.1, 0.15) is 0 Å². The largest absolute Gasteiger partial charge is 0.416 e. The van der Waals surface area contributed by atoms with Gasteiger partial charge < -0.3 is 10.1 Å². The van der Waals surface area contributed by atoms with E-state index in [-0.39, 0.29) is 0 Å². The first-order valence-corrected chi connectivity index (χ1v) is 9.53. The van der Waals surface area contributed by atoms with Crippen LogP contribution in [0.1, 0.15) is 17.7 Å². The lowest BCUT2D eigenvalue weighted by atomic mass is 10.1. The molecule has 152 valence electrons. The highest BCUT2D eigenvalue weighted by atomic mass is 19.4. The van der Waals surface area contributed by atoms with Gasteiger partial charge in [0.2, 0.25) is 0 Å². The van der Waals surface area contributed by atoms with E-state index >= 15 is 0 Å². The van der Waals surface area contributed by atoms with Crippen LogP contribution in [0.3, 0.4) is 0 Å². The minimum absolute atomic E-state index is 0.450. The van der Waals surface area contributed by atoms with E-state index in [1.54, 1.807) is 6.20 Å². The molecule has 1 N–H and O–H groups in total. The first-order valence-electron chi connectivity index (χ1n) is 9.53. The fourth-order valence-corrected chi connectivity index (χ4v) is 3.06. The molecule has 0 bridgehead atoms. The summed E-state index contributed by atoms with van der Waals surface area (Å²) in [7, 11) is 0. The van der Waals surface area contributed by atoms with Crippen molar-refractivity contribution in [2.75, 3.05) is 45.9 Å². The average molecular weight is 394 g/mol. The monoisotopic (exact) mass is 394 g/mol. The summed E-state index contributed by atoms with van der Waals surface area (Å²) in [6, 6.07) is 6.79. The van der Waals surface area contributed by atoms with Crippen molar-refractivity contribution in [3.63, 3.8) is 0 Å². The van der Waals surface area contributed by atoms with Crippen molar-refractivity contribution in [3.05, 3.63) is 47.8 Å². The molecule has 0 amide bonds. The fraction of sp³-hybridized carbons (Fsp3) is 0.500. The zero-order chi connectivity index (χ0) is 19.8. The Hall–Kier alpha value is -2.03. The molecule has 2 heterocycles. The summed E-state index contributed by atoms with van der Waals surface area (Å²) < 4.78 is 43.4. The van der Waals surface area contributed by atoms with Gasteiger partial charge in [-0.3, -0.25) is 4.90 Å². The van der Waals surface area contributed by atoms with Gasteiger partial charge in [-0.25, -0.2) is 9.97 Å². The molecule has 28 heavy (non-hydrogen) atoms. The van der Waals surface area contributed by atoms with Crippen LogP contribution in [0.15, 0.2) is 36.5 Å². The Morgan fingerprint density at radius 1 is 1.04 bits per heavy atom. The van der Waals surface area contributed by atoms with Crippen LogP contribution in [0.25, 0.3) is 11.4 Å². The van der Waals surface area contributed by atoms with Crippen LogP contribution in [0, 0.1) is 0 Å². The Balaban J connectivity index is 1.43. The van der Waals surface area contributed by atoms with Crippen molar-refractivity contribution in [3.8, 4) is 11.4 Å². The number of alkyl halides is 3. The molecule has 0 unspecified atom stereocenters. The molecular formula is C20H25F3N4O. The van der Waals surface area contributed by atoms with Gasteiger partial charge in [0, 0.05) is 43.6 Å². The predicted molar refractivity (Wildman–Crippen MR) is 101 cm³/mol. The van der Waals surface area contributed by atoms with E-state index in [1.807, 2.05) is 6.07 Å². The maximum atomic E-state index is 12.7. The Kier molecular flexibility index (Phi) is 7.36. The third-order valence-electron chi connectivity index (χ3n) is 4.68. The van der Waals surface area contributed by atoms with Gasteiger partial charge in [0.15, 0.2) is 5.82 Å². The van der Waals surface area contributed by atoms with E-state index in [9.17, 15) is 13.2 Å². The molecule has 1 aromatic heterocycles. The van der Waals surface area contributed by atoms with E-state index in [0.717, 1.165) is 76.6 Å². The molecule has 5 nitrogen and oxygen atoms in total. The number of hydrogen-bond donors (Lipinski definition) is 1. The summed E-state index contributed by atoms with van der Waals surface area (Å²) in [6.45, 7) is 6.48. The van der Waals surface area contributed by atoms with Crippen LogP contribution >= 0.6 is 0 Å². The molecule has 0 spiro atoms. The Bertz CT molecular complexity index is 731. The molecule has 1 saturated heterocycles. The molecule has 2 aromatic rings. The minimum atomic E-state index is -4.34. The topological polar surface area (TPSA) is 50.3 Å². The molecular weight excluding hydrogens is 369 g/mol. The highest BCUT2D eigenvalue weighted by Gasteiger charge is 2.30. The number of ether oxygens (including phenoxy) is 1. The van der Waals surface area contributed by atoms with Gasteiger partial charge >= 0.3 is 6.18 Å². The number of aromatic nitrogens is 2. The summed E-state index contributed by atoms with van der Waals surface area (Å²) in [4.78, 5) is 11.1. The van der Waals surface area contributed by atoms with Crippen molar-refractivity contribution in [1.82, 2.24) is 20.2 Å². The first-order chi connectivity index (χ1) is 13.5. The summed E-state index contributed by atoms with van der Waals surface area (Å²) in [5.74, 6) is 0.450. The van der Waals surface area contributed by atoms with Crippen LogP contribution in [-0.2, 0) is 17.3 Å². The van der Waals surface area contributed by atoms with Crippen molar-refractivity contribution in [1.29, 1.82) is 0 Å². The number of nitrogens with one attached hydrogen (secondary N) is 1. The molecule has 8 heteroatoms. The number of halogens is 3. The van der Waals surface area contributed by atoms with Gasteiger partial charge in [-0.2, -0.15) is 13.2 Å². The minimum Gasteiger partial charge on any atom is -0.379 e. The SMILES string of the molecule is FC(F)(F)c1ccc(-c2nccc(CCCNCCN3CCOCC3)n2)cc1. The van der Waals surface area contributed by atoms with Crippen LogP contribution in [0.5, 0.6) is 0 Å². The normalized spacial score (nSPS) is 15.7. The Labute approximate surface area is 162 Å². The van der Waals surface area contributed by atoms with Gasteiger partial charge in [0.05, 0.1) is 18.8 Å². The van der Waals surface area contributed by atoms with Gasteiger partial charge in [-0.1, -0.05) is 12.1 Å². The summed E-state index contributed by atoms with van der Waals surface area (Å²) in [5, 5.41) is 3.44. The smallest absolute Gasteiger partial charge is 0.379 e. The third-order valence-corrected chi connectivity index (χ3v) is 4.68. The summed E-state index contributed by atoms with van der Waals surface area (Å²) in [6.07, 6.45) is -0.954. The lowest BCUT2D eigenvalue weighted by Gasteiger charge is -2.26. The highest BCUT2D eigenvalue weighted by Crippen LogP contribution is 2.30. The standard InChI is InChI=1S/C20H25F3N4O/c21-20(22,23)17-5-3-16(4-6-17)19-25-9-7-18(26-19)2-1-8-24-10-11-27-12-14-28-15-13-27/h3-7,9,24H,1-2,8,10-15H2. The average Bonchev–Trinajstić information content (AvgIpc) is 2.71. The zero-order valence-electron chi connectivity index (χ0n) is 15.7. The Morgan fingerprint density at radius 3 is 2.50 bits per heavy atom. The van der Waals surface area contributed by atoms with E-state index in [2.05, 4.69) is 20.2 Å². The lowest BCUT2D eigenvalue weighted by Crippen LogP contribution is -2.40. The second-order valence-corrected chi connectivity index (χ2v) is 6.75. The summed E-state index contributed by atoms with van der Waals surface area (Å²) in [5.41, 5.74) is 0.800. The van der Waals surface area contributed by atoms with Crippen molar-refractivity contribution >= 4 is 0 Å². The van der Waals surface area contributed by atoms with Gasteiger partial charge in [-0.05, 0) is 37.6 Å². The van der Waals surface area contributed by atoms with Crippen LogP contribution < -0.4 is 5.32 Å². The molecule has 0 radical (unpaired) electrons.